The lowest BCUT2D eigenvalue weighted by molar-refractivity contribution is -0.287. The van der Waals surface area contributed by atoms with Crippen LogP contribution in [0.5, 0.6) is 11.5 Å². The zero-order valence-electron chi connectivity index (χ0n) is 18.4. The van der Waals surface area contributed by atoms with Gasteiger partial charge in [-0.1, -0.05) is 24.6 Å². The molecule has 3 N–H and O–H groups in total. The summed E-state index contributed by atoms with van der Waals surface area (Å²) in [6, 6.07) is 6.67. The molecule has 1 fully saturated rings. The van der Waals surface area contributed by atoms with Crippen molar-refractivity contribution in [3.8, 4) is 11.5 Å². The molecule has 11 heteroatoms. The van der Waals surface area contributed by atoms with E-state index in [1.165, 1.54) is 47.8 Å². The van der Waals surface area contributed by atoms with E-state index in [0.29, 0.717) is 18.8 Å². The van der Waals surface area contributed by atoms with Gasteiger partial charge in [-0.3, -0.25) is 4.79 Å². The number of halogens is 4. The van der Waals surface area contributed by atoms with Crippen LogP contribution >= 0.6 is 11.6 Å². The number of alkyl halides is 3. The highest BCUT2D eigenvalue weighted by molar-refractivity contribution is 6.30. The van der Waals surface area contributed by atoms with Gasteiger partial charge < -0.3 is 25.2 Å². The molecule has 3 rings (SSSR count). The Bertz CT molecular complexity index is 1050. The number of rotatable bonds is 8. The number of hydrogen-bond acceptors (Lipinski definition) is 5. The number of benzene rings is 2. The first-order valence-corrected chi connectivity index (χ1v) is 11.0. The third kappa shape index (κ3) is 5.07. The lowest BCUT2D eigenvalue weighted by atomic mass is 9.77. The fourth-order valence-electron chi connectivity index (χ4n) is 3.73. The molecule has 1 aliphatic heterocycles. The van der Waals surface area contributed by atoms with E-state index in [2.05, 4.69) is 5.32 Å². The molecule has 0 aliphatic carbocycles. The Balaban J connectivity index is 2.14. The maximum Gasteiger partial charge on any atom is 0.437 e. The van der Waals surface area contributed by atoms with Gasteiger partial charge in [-0.05, 0) is 55.3 Å². The Labute approximate surface area is 199 Å². The molecule has 0 saturated carbocycles. The fourth-order valence-corrected chi connectivity index (χ4v) is 3.85. The molecule has 1 saturated heterocycles. The number of nitrogens with one attached hydrogen (secondary N) is 2. The first-order valence-electron chi connectivity index (χ1n) is 10.6. The number of hydrogen-bond donors (Lipinski definition) is 3. The average molecular weight is 501 g/mol. The van der Waals surface area contributed by atoms with Gasteiger partial charge in [0.2, 0.25) is 5.72 Å². The zero-order valence-corrected chi connectivity index (χ0v) is 19.2. The second-order valence-corrected chi connectivity index (χ2v) is 8.11. The van der Waals surface area contributed by atoms with Gasteiger partial charge in [-0.2, -0.15) is 13.2 Å². The van der Waals surface area contributed by atoms with Crippen LogP contribution in [0.1, 0.15) is 42.2 Å². The Morgan fingerprint density at radius 2 is 1.79 bits per heavy atom. The van der Waals surface area contributed by atoms with E-state index in [1.807, 2.05) is 6.92 Å². The van der Waals surface area contributed by atoms with Crippen LogP contribution in [0.15, 0.2) is 42.5 Å². The summed E-state index contributed by atoms with van der Waals surface area (Å²) < 4.78 is 53.4. The molecule has 0 radical (unpaired) electrons. The monoisotopic (exact) mass is 500 g/mol. The number of ether oxygens (including phenoxy) is 2. The summed E-state index contributed by atoms with van der Waals surface area (Å²) in [6.07, 6.45) is -4.64. The Morgan fingerprint density at radius 1 is 1.12 bits per heavy atom. The molecule has 1 aliphatic rings. The normalized spacial score (nSPS) is 22.5. The first kappa shape index (κ1) is 25.6. The van der Waals surface area contributed by atoms with Crippen molar-refractivity contribution in [3.63, 3.8) is 0 Å². The number of Topliss-reactive ketones (excluding diaryl/α,β-unsaturated/α-hetero) is 1. The van der Waals surface area contributed by atoms with Crippen molar-refractivity contribution < 1.29 is 37.3 Å². The number of urea groups is 1. The van der Waals surface area contributed by atoms with Crippen molar-refractivity contribution >= 4 is 23.4 Å². The lowest BCUT2D eigenvalue weighted by Crippen LogP contribution is -2.72. The van der Waals surface area contributed by atoms with Crippen LogP contribution in [0.25, 0.3) is 0 Å². The maximum absolute atomic E-state index is 14.1. The SMILES string of the molecule is CCCOc1ccc([C@H]2NC(=O)N[C@@](O)(C(F)(F)F)[C@H]2C(=O)c2ccc(Cl)cc2)cc1OCC. The molecule has 0 bridgehead atoms. The topological polar surface area (TPSA) is 96.9 Å². The molecule has 2 amide bonds. The standard InChI is InChI=1S/C23H24ClF3N2O5/c1-3-11-34-16-10-7-14(12-17(16)33-4-2)19-18(20(30)13-5-8-15(24)9-6-13)22(32,23(25,26)27)29-21(31)28-19/h5-10,12,18-19,32H,3-4,11H2,1-2H3,(H2,28,29,31)/t18-,19-,22+/m1/s1. The Morgan fingerprint density at radius 3 is 2.38 bits per heavy atom. The number of carbonyl (C=O) groups excluding carboxylic acids is 2. The second-order valence-electron chi connectivity index (χ2n) is 7.68. The predicted octanol–water partition coefficient (Wildman–Crippen LogP) is 4.63. The van der Waals surface area contributed by atoms with Crippen molar-refractivity contribution in [1.82, 2.24) is 10.6 Å². The summed E-state index contributed by atoms with van der Waals surface area (Å²) in [5.41, 5.74) is -3.83. The molecular formula is C23H24ClF3N2O5. The highest BCUT2D eigenvalue weighted by Crippen LogP contribution is 2.45. The molecular weight excluding hydrogens is 477 g/mol. The third-order valence-corrected chi connectivity index (χ3v) is 5.56. The molecule has 7 nitrogen and oxygen atoms in total. The number of carbonyl (C=O) groups is 2. The highest BCUT2D eigenvalue weighted by Gasteiger charge is 2.66. The second kappa shape index (κ2) is 10.1. The number of aliphatic hydroxyl groups is 1. The smallest absolute Gasteiger partial charge is 0.437 e. The molecule has 34 heavy (non-hydrogen) atoms. The largest absolute Gasteiger partial charge is 0.490 e. The predicted molar refractivity (Wildman–Crippen MR) is 118 cm³/mol. The van der Waals surface area contributed by atoms with Crippen molar-refractivity contribution in [3.05, 3.63) is 58.6 Å². The zero-order chi connectivity index (χ0) is 25.1. The molecule has 0 unspecified atom stereocenters. The van der Waals surface area contributed by atoms with Gasteiger partial charge >= 0.3 is 12.2 Å². The van der Waals surface area contributed by atoms with Crippen LogP contribution in [-0.4, -0.2) is 42.0 Å². The summed E-state index contributed by atoms with van der Waals surface area (Å²) in [5, 5.41) is 14.8. The quantitative estimate of drug-likeness (QED) is 0.459. The molecule has 0 aromatic heterocycles. The van der Waals surface area contributed by atoms with Crippen LogP contribution in [-0.2, 0) is 0 Å². The summed E-state index contributed by atoms with van der Waals surface area (Å²) >= 11 is 5.84. The minimum absolute atomic E-state index is 0.118. The Kier molecular flexibility index (Phi) is 7.62. The van der Waals surface area contributed by atoms with Crippen LogP contribution in [0.2, 0.25) is 5.02 Å². The fraction of sp³-hybridized carbons (Fsp3) is 0.391. The summed E-state index contributed by atoms with van der Waals surface area (Å²) in [5.74, 6) is -2.62. The van der Waals surface area contributed by atoms with Crippen molar-refractivity contribution in [2.75, 3.05) is 13.2 Å². The third-order valence-electron chi connectivity index (χ3n) is 5.31. The van der Waals surface area contributed by atoms with Gasteiger partial charge in [0.1, 0.15) is 5.92 Å². The van der Waals surface area contributed by atoms with Crippen LogP contribution in [0, 0.1) is 5.92 Å². The number of ketones is 1. The lowest BCUT2D eigenvalue weighted by Gasteiger charge is -2.45. The van der Waals surface area contributed by atoms with Crippen LogP contribution in [0.4, 0.5) is 18.0 Å². The average Bonchev–Trinajstić information content (AvgIpc) is 2.77. The van der Waals surface area contributed by atoms with E-state index in [0.717, 1.165) is 0 Å². The van der Waals surface area contributed by atoms with E-state index in [9.17, 15) is 27.9 Å². The summed E-state index contributed by atoms with van der Waals surface area (Å²) in [6.45, 7) is 4.25. The highest BCUT2D eigenvalue weighted by atomic mass is 35.5. The summed E-state index contributed by atoms with van der Waals surface area (Å²) in [4.78, 5) is 25.5. The molecule has 2 aromatic carbocycles. The van der Waals surface area contributed by atoms with E-state index in [1.54, 1.807) is 6.92 Å². The van der Waals surface area contributed by atoms with Gasteiger partial charge in [0.25, 0.3) is 0 Å². The first-order chi connectivity index (χ1) is 16.0. The van der Waals surface area contributed by atoms with Crippen molar-refractivity contribution in [2.24, 2.45) is 5.92 Å². The van der Waals surface area contributed by atoms with Gasteiger partial charge in [-0.25, -0.2) is 4.79 Å². The van der Waals surface area contributed by atoms with Crippen LogP contribution < -0.4 is 20.1 Å². The summed E-state index contributed by atoms with van der Waals surface area (Å²) in [7, 11) is 0. The van der Waals surface area contributed by atoms with E-state index in [4.69, 9.17) is 21.1 Å². The van der Waals surface area contributed by atoms with E-state index >= 15 is 0 Å². The molecule has 0 spiro atoms. The van der Waals surface area contributed by atoms with E-state index in [-0.39, 0.29) is 28.5 Å². The maximum atomic E-state index is 14.1. The van der Waals surface area contributed by atoms with Gasteiger partial charge in [0, 0.05) is 10.6 Å². The van der Waals surface area contributed by atoms with Crippen LogP contribution in [0.3, 0.4) is 0 Å². The van der Waals surface area contributed by atoms with Crippen molar-refractivity contribution in [2.45, 2.75) is 38.2 Å². The molecule has 3 atom stereocenters. The van der Waals surface area contributed by atoms with Gasteiger partial charge in [0.15, 0.2) is 17.3 Å². The van der Waals surface area contributed by atoms with Gasteiger partial charge in [0.05, 0.1) is 19.3 Å². The number of amides is 2. The minimum atomic E-state index is -5.36. The molecule has 184 valence electrons. The van der Waals surface area contributed by atoms with Gasteiger partial charge in [-0.15, -0.1) is 0 Å². The van der Waals surface area contributed by atoms with Crippen molar-refractivity contribution in [1.29, 1.82) is 0 Å². The minimum Gasteiger partial charge on any atom is -0.490 e. The molecule has 2 aromatic rings. The Hall–Kier alpha value is -2.98. The molecule has 1 heterocycles. The van der Waals surface area contributed by atoms with E-state index < -0.39 is 35.7 Å².